The summed E-state index contributed by atoms with van der Waals surface area (Å²) in [5, 5.41) is 10.6. The number of piperidine rings is 1. The highest BCUT2D eigenvalue weighted by Gasteiger charge is 2.68. The number of aromatic nitrogens is 1. The fourth-order valence-electron chi connectivity index (χ4n) is 5.72. The Hall–Kier alpha value is -3.87. The van der Waals surface area contributed by atoms with Crippen LogP contribution in [-0.2, 0) is 32.8 Å². The van der Waals surface area contributed by atoms with Crippen molar-refractivity contribution in [3.05, 3.63) is 53.9 Å². The van der Waals surface area contributed by atoms with Gasteiger partial charge in [0.2, 0.25) is 17.7 Å². The van der Waals surface area contributed by atoms with Crippen LogP contribution >= 0.6 is 0 Å². The molecule has 1 aromatic heterocycles. The van der Waals surface area contributed by atoms with Crippen molar-refractivity contribution in [2.75, 3.05) is 20.7 Å². The molecule has 4 atom stereocenters. The zero-order valence-corrected chi connectivity index (χ0v) is 21.6. The number of hydrogen-bond donors (Lipinski definition) is 2. The molecular weight excluding hydrogens is 521 g/mol. The van der Waals surface area contributed by atoms with Crippen molar-refractivity contribution in [2.45, 2.75) is 37.1 Å². The SMILES string of the molecule is COc1ccc([C@H]2N[C@]3(CCCN(Cc4cccn4C)C3=O)[C@H]3C(=O)N(C)C(=O)[C@@H]23)cc1.O=C(O)C(F)(F)F. The summed E-state index contributed by atoms with van der Waals surface area (Å²) in [6, 6.07) is 11.0. The first-order chi connectivity index (χ1) is 18.3. The molecule has 2 aromatic rings. The van der Waals surface area contributed by atoms with E-state index in [2.05, 4.69) is 5.32 Å². The number of carboxylic acid groups (broad SMARTS) is 1. The highest BCUT2D eigenvalue weighted by Crippen LogP contribution is 2.51. The second-order valence-corrected chi connectivity index (χ2v) is 9.85. The average molecular weight is 551 g/mol. The standard InChI is InChI=1S/C24H28N4O4.C2HF3O2/c1-26-12-4-6-16(26)14-28-13-5-11-24(23(28)31)19-18(21(29)27(2)22(19)30)20(25-24)15-7-9-17(32-3)10-8-15;3-2(4,5)1(6)7/h4,6-10,12,18-20,25H,5,11,13-14H2,1-3H3;(H,6,7)/t18-,19-,20-,24-;/m1./s1. The van der Waals surface area contributed by atoms with E-state index in [1.165, 1.54) is 11.9 Å². The average Bonchev–Trinajstić information content (AvgIpc) is 3.52. The molecule has 1 spiro atoms. The lowest BCUT2D eigenvalue weighted by Crippen LogP contribution is -2.63. The van der Waals surface area contributed by atoms with Crippen molar-refractivity contribution < 1.29 is 42.2 Å². The molecule has 39 heavy (non-hydrogen) atoms. The van der Waals surface area contributed by atoms with Gasteiger partial charge in [-0.25, -0.2) is 4.79 Å². The Morgan fingerprint density at radius 2 is 1.77 bits per heavy atom. The lowest BCUT2D eigenvalue weighted by Gasteiger charge is -2.42. The number of nitrogens with one attached hydrogen (secondary N) is 1. The summed E-state index contributed by atoms with van der Waals surface area (Å²) in [7, 11) is 5.08. The number of alkyl halides is 3. The van der Waals surface area contributed by atoms with Crippen molar-refractivity contribution in [2.24, 2.45) is 18.9 Å². The Kier molecular flexibility index (Phi) is 7.48. The van der Waals surface area contributed by atoms with Gasteiger partial charge in [0, 0.05) is 38.6 Å². The number of imide groups is 1. The topological polar surface area (TPSA) is 121 Å². The number of carbonyl (C=O) groups excluding carboxylic acids is 3. The van der Waals surface area contributed by atoms with Crippen molar-refractivity contribution in [1.29, 1.82) is 0 Å². The van der Waals surface area contributed by atoms with Crippen LogP contribution in [-0.4, -0.2) is 75.6 Å². The smallest absolute Gasteiger partial charge is 0.490 e. The van der Waals surface area contributed by atoms with Crippen molar-refractivity contribution >= 4 is 23.7 Å². The summed E-state index contributed by atoms with van der Waals surface area (Å²) in [5.74, 6) is -3.92. The van der Waals surface area contributed by atoms with E-state index in [9.17, 15) is 27.6 Å². The van der Waals surface area contributed by atoms with Crippen LogP contribution in [0.15, 0.2) is 42.6 Å². The van der Waals surface area contributed by atoms with Gasteiger partial charge in [-0.3, -0.25) is 24.6 Å². The molecule has 3 amide bonds. The lowest BCUT2D eigenvalue weighted by atomic mass is 9.74. The molecule has 10 nitrogen and oxygen atoms in total. The predicted molar refractivity (Wildman–Crippen MR) is 130 cm³/mol. The number of rotatable bonds is 4. The van der Waals surface area contributed by atoms with E-state index in [0.29, 0.717) is 25.3 Å². The molecule has 13 heteroatoms. The van der Waals surface area contributed by atoms with E-state index < -0.39 is 35.6 Å². The maximum absolute atomic E-state index is 13.9. The Balaban J connectivity index is 0.000000448. The molecule has 3 saturated heterocycles. The first-order valence-electron chi connectivity index (χ1n) is 12.2. The molecule has 4 heterocycles. The minimum atomic E-state index is -5.08. The summed E-state index contributed by atoms with van der Waals surface area (Å²) in [6.45, 7) is 1.12. The third-order valence-electron chi connectivity index (χ3n) is 7.66. The molecule has 3 aliphatic rings. The van der Waals surface area contributed by atoms with E-state index in [4.69, 9.17) is 14.6 Å². The summed E-state index contributed by atoms with van der Waals surface area (Å²) < 4.78 is 39.0. The monoisotopic (exact) mass is 550 g/mol. The number of amides is 3. The zero-order valence-electron chi connectivity index (χ0n) is 21.6. The van der Waals surface area contributed by atoms with Gasteiger partial charge in [0.05, 0.1) is 25.5 Å². The van der Waals surface area contributed by atoms with Crippen LogP contribution in [0.25, 0.3) is 0 Å². The number of likely N-dealkylation sites (tertiary alicyclic amines) is 2. The number of aryl methyl sites for hydroxylation is 1. The van der Waals surface area contributed by atoms with Gasteiger partial charge >= 0.3 is 12.1 Å². The minimum Gasteiger partial charge on any atom is -0.497 e. The van der Waals surface area contributed by atoms with Crippen LogP contribution in [0.3, 0.4) is 0 Å². The summed E-state index contributed by atoms with van der Waals surface area (Å²) in [6.07, 6.45) is -1.82. The van der Waals surface area contributed by atoms with Crippen LogP contribution in [0.5, 0.6) is 5.75 Å². The number of ether oxygens (including phenoxy) is 1. The molecular formula is C26H29F3N4O6. The van der Waals surface area contributed by atoms with Gasteiger partial charge in [0.1, 0.15) is 11.3 Å². The molecule has 3 aliphatic heterocycles. The Labute approximate surface area is 222 Å². The Morgan fingerprint density at radius 3 is 2.31 bits per heavy atom. The molecule has 210 valence electrons. The van der Waals surface area contributed by atoms with E-state index in [-0.39, 0.29) is 17.7 Å². The van der Waals surface area contributed by atoms with E-state index in [0.717, 1.165) is 17.7 Å². The first-order valence-corrected chi connectivity index (χ1v) is 12.2. The molecule has 0 unspecified atom stereocenters. The lowest BCUT2D eigenvalue weighted by molar-refractivity contribution is -0.192. The number of nitrogens with zero attached hydrogens (tertiary/aromatic N) is 3. The molecule has 0 bridgehead atoms. The number of halogens is 3. The minimum absolute atomic E-state index is 0.0904. The number of methoxy groups -OCH3 is 1. The van der Waals surface area contributed by atoms with Gasteiger partial charge in [-0.2, -0.15) is 13.2 Å². The number of carbonyl (C=O) groups is 4. The number of hydrogen-bond acceptors (Lipinski definition) is 6. The molecule has 5 rings (SSSR count). The number of aliphatic carboxylic acids is 1. The second kappa shape index (κ2) is 10.4. The Bertz CT molecular complexity index is 1280. The van der Waals surface area contributed by atoms with Gasteiger partial charge in [-0.1, -0.05) is 12.1 Å². The fourth-order valence-corrected chi connectivity index (χ4v) is 5.72. The van der Waals surface area contributed by atoms with E-state index >= 15 is 0 Å². The quantitative estimate of drug-likeness (QED) is 0.560. The van der Waals surface area contributed by atoms with Crippen LogP contribution in [0.2, 0.25) is 0 Å². The van der Waals surface area contributed by atoms with Gasteiger partial charge in [-0.15, -0.1) is 0 Å². The van der Waals surface area contributed by atoms with Gasteiger partial charge in [0.25, 0.3) is 0 Å². The van der Waals surface area contributed by atoms with Crippen LogP contribution < -0.4 is 10.1 Å². The molecule has 3 fully saturated rings. The van der Waals surface area contributed by atoms with Crippen LogP contribution in [0.1, 0.15) is 30.1 Å². The maximum atomic E-state index is 13.9. The van der Waals surface area contributed by atoms with Crippen molar-refractivity contribution in [3.8, 4) is 5.75 Å². The Morgan fingerprint density at radius 1 is 1.13 bits per heavy atom. The molecule has 0 radical (unpaired) electrons. The van der Waals surface area contributed by atoms with Gasteiger partial charge < -0.3 is 19.3 Å². The normalized spacial score (nSPS) is 26.5. The molecule has 0 saturated carbocycles. The zero-order chi connectivity index (χ0) is 28.7. The molecule has 2 N–H and O–H groups in total. The van der Waals surface area contributed by atoms with Crippen molar-refractivity contribution in [1.82, 2.24) is 19.7 Å². The highest BCUT2D eigenvalue weighted by molar-refractivity contribution is 6.10. The summed E-state index contributed by atoms with van der Waals surface area (Å²) >= 11 is 0. The summed E-state index contributed by atoms with van der Waals surface area (Å²) in [4.78, 5) is 52.2. The van der Waals surface area contributed by atoms with E-state index in [1.807, 2.05) is 59.1 Å². The fraction of sp³-hybridized carbons (Fsp3) is 0.462. The third-order valence-corrected chi connectivity index (χ3v) is 7.66. The highest BCUT2D eigenvalue weighted by atomic mass is 19.4. The molecule has 1 aromatic carbocycles. The molecule has 0 aliphatic carbocycles. The van der Waals surface area contributed by atoms with Gasteiger partial charge in [-0.05, 0) is 42.7 Å². The van der Waals surface area contributed by atoms with E-state index in [1.54, 1.807) is 7.11 Å². The van der Waals surface area contributed by atoms with Crippen LogP contribution in [0.4, 0.5) is 13.2 Å². The largest absolute Gasteiger partial charge is 0.497 e. The number of fused-ring (bicyclic) bond motifs is 2. The maximum Gasteiger partial charge on any atom is 0.490 e. The number of carboxylic acids is 1. The number of benzene rings is 1. The second-order valence-electron chi connectivity index (χ2n) is 9.85. The predicted octanol–water partition coefficient (Wildman–Crippen LogP) is 2.10. The van der Waals surface area contributed by atoms with Crippen LogP contribution in [0, 0.1) is 11.8 Å². The third kappa shape index (κ3) is 4.98. The first kappa shape index (κ1) is 28.1. The summed E-state index contributed by atoms with van der Waals surface area (Å²) in [5.41, 5.74) is 0.833. The van der Waals surface area contributed by atoms with Crippen molar-refractivity contribution in [3.63, 3.8) is 0 Å². The van der Waals surface area contributed by atoms with Gasteiger partial charge in [0.15, 0.2) is 0 Å².